The number of aliphatic hydroxyl groups excluding tert-OH is 3. The summed E-state index contributed by atoms with van der Waals surface area (Å²) in [4.78, 5) is 38.0. The molecule has 10 atom stereocenters. The van der Waals surface area contributed by atoms with Gasteiger partial charge in [0.25, 0.3) is 0 Å². The summed E-state index contributed by atoms with van der Waals surface area (Å²) >= 11 is 0. The summed E-state index contributed by atoms with van der Waals surface area (Å²) in [5.74, 6) is -2.17. The van der Waals surface area contributed by atoms with Gasteiger partial charge in [0.05, 0.1) is 24.2 Å². The number of allylic oxidation sites excluding steroid dienone is 1. The number of Topliss-reactive ketones (excluding diaryl/α,β-unsaturated/α-hetero) is 2. The van der Waals surface area contributed by atoms with E-state index in [2.05, 4.69) is 6.92 Å². The average molecular weight is 519 g/mol. The molecule has 2 saturated carbocycles. The quantitative estimate of drug-likeness (QED) is 0.419. The first-order valence-electron chi connectivity index (χ1n) is 14.0. The van der Waals surface area contributed by atoms with Gasteiger partial charge in [-0.2, -0.15) is 0 Å². The monoisotopic (exact) mass is 518 g/mol. The largest absolute Gasteiger partial charge is 0.481 e. The molecule has 0 heterocycles. The third kappa shape index (κ3) is 3.89. The highest BCUT2D eigenvalue weighted by molar-refractivity contribution is 6.00. The fourth-order valence-corrected chi connectivity index (χ4v) is 9.39. The molecule has 7 nitrogen and oxygen atoms in total. The molecule has 0 spiro atoms. The molecular formula is C30H46O7. The fraction of sp³-hybridized carbons (Fsp3) is 0.833. The third-order valence-corrected chi connectivity index (χ3v) is 11.8. The number of hydrogen-bond acceptors (Lipinski definition) is 6. The van der Waals surface area contributed by atoms with Crippen molar-refractivity contribution in [3.63, 3.8) is 0 Å². The number of rotatable bonds is 6. The molecule has 0 bridgehead atoms. The van der Waals surface area contributed by atoms with Crippen LogP contribution in [0.15, 0.2) is 11.1 Å². The van der Waals surface area contributed by atoms with Crippen molar-refractivity contribution in [2.45, 2.75) is 112 Å². The van der Waals surface area contributed by atoms with Gasteiger partial charge in [0.2, 0.25) is 0 Å². The van der Waals surface area contributed by atoms with Gasteiger partial charge in [0.15, 0.2) is 5.78 Å². The van der Waals surface area contributed by atoms with Gasteiger partial charge in [-0.05, 0) is 65.3 Å². The van der Waals surface area contributed by atoms with Crippen molar-refractivity contribution in [3.8, 4) is 0 Å². The fourth-order valence-electron chi connectivity index (χ4n) is 9.39. The molecule has 7 heteroatoms. The highest BCUT2D eigenvalue weighted by Crippen LogP contribution is 2.71. The van der Waals surface area contributed by atoms with Crippen LogP contribution in [0.5, 0.6) is 0 Å². The zero-order valence-electron chi connectivity index (χ0n) is 23.5. The summed E-state index contributed by atoms with van der Waals surface area (Å²) in [7, 11) is 0. The number of carbonyl (C=O) groups is 3. The second-order valence-corrected chi connectivity index (χ2v) is 14.1. The Balaban J connectivity index is 1.74. The summed E-state index contributed by atoms with van der Waals surface area (Å²) in [6, 6.07) is 0. The summed E-state index contributed by atoms with van der Waals surface area (Å²) in [6.07, 6.45) is 0.391. The van der Waals surface area contributed by atoms with Crippen molar-refractivity contribution in [1.82, 2.24) is 0 Å². The minimum absolute atomic E-state index is 0.0190. The SMILES string of the molecule is CC(CC(=O)CC(C)[C@@H]1C[C@@H](O)[C@]2(C)C3=C(C(=O)C[C@@]12C)[C@]1(C)CC[C@@H](O)C(C)(C)[C@H]1C[C@H]3O)C(=O)O. The van der Waals surface area contributed by atoms with Crippen molar-refractivity contribution < 1.29 is 34.8 Å². The Labute approximate surface area is 220 Å². The van der Waals surface area contributed by atoms with Gasteiger partial charge >= 0.3 is 5.97 Å². The Kier molecular flexibility index (Phi) is 6.91. The van der Waals surface area contributed by atoms with E-state index in [0.29, 0.717) is 36.8 Å². The van der Waals surface area contributed by atoms with Gasteiger partial charge in [0.1, 0.15) is 5.78 Å². The Hall–Kier alpha value is -1.57. The lowest BCUT2D eigenvalue weighted by Gasteiger charge is -2.62. The second-order valence-electron chi connectivity index (χ2n) is 14.1. The maximum Gasteiger partial charge on any atom is 0.306 e. The number of carboxylic acids is 1. The molecule has 0 saturated heterocycles. The number of carboxylic acid groups (broad SMARTS) is 1. The normalized spacial score (nSPS) is 44.5. The van der Waals surface area contributed by atoms with Gasteiger partial charge in [-0.15, -0.1) is 0 Å². The predicted molar refractivity (Wildman–Crippen MR) is 138 cm³/mol. The van der Waals surface area contributed by atoms with Crippen LogP contribution in [0.25, 0.3) is 0 Å². The Morgan fingerprint density at radius 3 is 2.19 bits per heavy atom. The molecule has 37 heavy (non-hydrogen) atoms. The average Bonchev–Trinajstić information content (AvgIpc) is 2.99. The van der Waals surface area contributed by atoms with E-state index in [1.165, 1.54) is 6.92 Å². The maximum absolute atomic E-state index is 14.1. The first kappa shape index (κ1) is 28.4. The van der Waals surface area contributed by atoms with Crippen LogP contribution in [-0.2, 0) is 14.4 Å². The van der Waals surface area contributed by atoms with Crippen molar-refractivity contribution >= 4 is 17.5 Å². The second kappa shape index (κ2) is 8.99. The lowest BCUT2D eigenvalue weighted by Crippen LogP contribution is -2.61. The lowest BCUT2D eigenvalue weighted by molar-refractivity contribution is -0.143. The van der Waals surface area contributed by atoms with Crippen LogP contribution in [0, 0.1) is 45.3 Å². The molecule has 2 fully saturated rings. The molecule has 2 unspecified atom stereocenters. The lowest BCUT2D eigenvalue weighted by atomic mass is 9.42. The maximum atomic E-state index is 14.1. The molecule has 0 aromatic carbocycles. The van der Waals surface area contributed by atoms with Gasteiger partial charge in [0, 0.05) is 30.3 Å². The van der Waals surface area contributed by atoms with E-state index in [-0.39, 0.29) is 48.6 Å². The van der Waals surface area contributed by atoms with Crippen LogP contribution in [0.4, 0.5) is 0 Å². The first-order valence-corrected chi connectivity index (χ1v) is 14.0. The van der Waals surface area contributed by atoms with Crippen LogP contribution >= 0.6 is 0 Å². The standard InChI is InChI=1S/C30H46O7/c1-15(10-17(31)11-16(2)26(36)37)18-12-23(35)30(7)25-19(32)13-21-27(3,4)22(34)8-9-28(21,5)24(25)20(33)14-29(18,30)6/h15-16,18-19,21-23,32,34-35H,8-14H2,1-7H3,(H,36,37)/t15?,16?,18-,19+,21+,22+,23+,28+,29-,30+/m0/s1. The number of hydrogen-bond donors (Lipinski definition) is 4. The molecule has 4 N–H and O–H groups in total. The molecular weight excluding hydrogens is 472 g/mol. The summed E-state index contributed by atoms with van der Waals surface area (Å²) in [5.41, 5.74) is -1.03. The number of aliphatic hydroxyl groups is 3. The van der Waals surface area contributed by atoms with Crippen molar-refractivity contribution in [3.05, 3.63) is 11.1 Å². The first-order chi connectivity index (χ1) is 16.9. The zero-order chi connectivity index (χ0) is 27.9. The molecule has 0 aromatic heterocycles. The number of fused-ring (bicyclic) bond motifs is 4. The van der Waals surface area contributed by atoms with Crippen LogP contribution in [0.2, 0.25) is 0 Å². The van der Waals surface area contributed by atoms with E-state index < -0.39 is 51.9 Å². The smallest absolute Gasteiger partial charge is 0.306 e. The molecule has 0 aliphatic heterocycles. The van der Waals surface area contributed by atoms with Crippen LogP contribution in [0.1, 0.15) is 93.4 Å². The van der Waals surface area contributed by atoms with Gasteiger partial charge in [-0.1, -0.05) is 48.5 Å². The molecule has 208 valence electrons. The predicted octanol–water partition coefficient (Wildman–Crippen LogP) is 3.92. The Morgan fingerprint density at radius 1 is 0.973 bits per heavy atom. The van der Waals surface area contributed by atoms with Crippen molar-refractivity contribution in [2.24, 2.45) is 45.3 Å². The third-order valence-electron chi connectivity index (χ3n) is 11.8. The van der Waals surface area contributed by atoms with Crippen LogP contribution < -0.4 is 0 Å². The highest BCUT2D eigenvalue weighted by atomic mass is 16.4. The minimum atomic E-state index is -0.995. The van der Waals surface area contributed by atoms with E-state index in [1.54, 1.807) is 0 Å². The van der Waals surface area contributed by atoms with Crippen molar-refractivity contribution in [1.29, 1.82) is 0 Å². The highest BCUT2D eigenvalue weighted by Gasteiger charge is 2.70. The van der Waals surface area contributed by atoms with Gasteiger partial charge in [-0.25, -0.2) is 0 Å². The van der Waals surface area contributed by atoms with Crippen molar-refractivity contribution in [2.75, 3.05) is 0 Å². The molecule has 4 rings (SSSR count). The molecule has 0 aromatic rings. The topological polar surface area (TPSA) is 132 Å². The molecule has 0 amide bonds. The Bertz CT molecular complexity index is 1030. The summed E-state index contributed by atoms with van der Waals surface area (Å²) < 4.78 is 0. The minimum Gasteiger partial charge on any atom is -0.481 e. The van der Waals surface area contributed by atoms with Crippen LogP contribution in [0.3, 0.4) is 0 Å². The van der Waals surface area contributed by atoms with Crippen LogP contribution in [-0.4, -0.2) is 56.3 Å². The number of aliphatic carboxylic acids is 1. The van der Waals surface area contributed by atoms with E-state index in [0.717, 1.165) is 0 Å². The Morgan fingerprint density at radius 2 is 1.59 bits per heavy atom. The summed E-state index contributed by atoms with van der Waals surface area (Å²) in [6.45, 7) is 13.7. The zero-order valence-corrected chi connectivity index (χ0v) is 23.5. The van der Waals surface area contributed by atoms with Gasteiger partial charge < -0.3 is 20.4 Å². The molecule has 4 aliphatic rings. The number of carbonyl (C=O) groups excluding carboxylic acids is 2. The molecule has 4 aliphatic carbocycles. The molecule has 0 radical (unpaired) electrons. The van der Waals surface area contributed by atoms with Gasteiger partial charge in [-0.3, -0.25) is 14.4 Å². The van der Waals surface area contributed by atoms with E-state index in [1.807, 2.05) is 34.6 Å². The van der Waals surface area contributed by atoms with E-state index in [9.17, 15) is 34.8 Å². The number of ketones is 2. The van der Waals surface area contributed by atoms with E-state index in [4.69, 9.17) is 0 Å². The summed E-state index contributed by atoms with van der Waals surface area (Å²) in [5, 5.41) is 43.3. The van der Waals surface area contributed by atoms with E-state index >= 15 is 0 Å².